The number of aromatic nitrogens is 1. The van der Waals surface area contributed by atoms with Gasteiger partial charge in [-0.05, 0) is 64.2 Å². The van der Waals surface area contributed by atoms with Crippen molar-refractivity contribution in [3.05, 3.63) is 40.2 Å². The predicted octanol–water partition coefficient (Wildman–Crippen LogP) is 3.96. The van der Waals surface area contributed by atoms with Gasteiger partial charge in [0, 0.05) is 49.2 Å². The highest BCUT2D eigenvalue weighted by Crippen LogP contribution is 2.32. The third kappa shape index (κ3) is 5.26. The van der Waals surface area contributed by atoms with E-state index < -0.39 is 10.0 Å². The largest absolute Gasteiger partial charge is 0.495 e. The van der Waals surface area contributed by atoms with Crippen molar-refractivity contribution >= 4 is 39.1 Å². The molecule has 1 aromatic heterocycles. The van der Waals surface area contributed by atoms with E-state index in [1.165, 1.54) is 11.4 Å². The number of amides is 2. The summed E-state index contributed by atoms with van der Waals surface area (Å²) in [6, 6.07) is 5.01. The molecule has 0 atom stereocenters. The molecule has 36 heavy (non-hydrogen) atoms. The highest BCUT2D eigenvalue weighted by Gasteiger charge is 2.38. The number of halogens is 1. The Kier molecular flexibility index (Phi) is 7.96. The van der Waals surface area contributed by atoms with Gasteiger partial charge in [0.1, 0.15) is 10.6 Å². The molecule has 2 fully saturated rings. The molecule has 2 amide bonds. The molecule has 2 saturated heterocycles. The Morgan fingerprint density at radius 1 is 1.06 bits per heavy atom. The zero-order valence-corrected chi connectivity index (χ0v) is 22.5. The van der Waals surface area contributed by atoms with Gasteiger partial charge in [-0.2, -0.15) is 4.31 Å². The molecule has 0 radical (unpaired) electrons. The summed E-state index contributed by atoms with van der Waals surface area (Å²) in [4.78, 5) is 31.0. The van der Waals surface area contributed by atoms with Gasteiger partial charge in [-0.25, -0.2) is 8.42 Å². The molecule has 3 heterocycles. The minimum Gasteiger partial charge on any atom is -0.495 e. The van der Waals surface area contributed by atoms with E-state index in [0.29, 0.717) is 53.8 Å². The molecule has 2 aliphatic heterocycles. The molecule has 2 N–H and O–H groups in total. The maximum atomic E-state index is 13.7. The van der Waals surface area contributed by atoms with Crippen LogP contribution in [0.1, 0.15) is 53.8 Å². The molecule has 196 valence electrons. The predicted molar refractivity (Wildman–Crippen MR) is 138 cm³/mol. The number of methoxy groups -OCH3 is 1. The van der Waals surface area contributed by atoms with E-state index in [1.807, 2.05) is 0 Å². The number of sulfonamides is 1. The van der Waals surface area contributed by atoms with Crippen molar-refractivity contribution in [2.75, 3.05) is 38.6 Å². The fraction of sp³-hybridized carbons (Fsp3) is 0.520. The van der Waals surface area contributed by atoms with Crippen molar-refractivity contribution < 1.29 is 22.7 Å². The third-order valence-electron chi connectivity index (χ3n) is 7.02. The standard InChI is InChI=1S/C25H33ClN4O5S/c1-16-22(25(32)29-11-5-4-6-12-29)23(17(2)27-16)36(33,34)30-13-9-18(10-14-30)24(31)28-19-7-8-21(35-3)20(26)15-19/h7-8,15,18,27H,4-6,9-14H2,1-3H3,(H,28,31). The zero-order chi connectivity index (χ0) is 26.0. The molecule has 0 bridgehead atoms. The highest BCUT2D eigenvalue weighted by atomic mass is 35.5. The molecular weight excluding hydrogens is 504 g/mol. The van der Waals surface area contributed by atoms with E-state index >= 15 is 0 Å². The molecular formula is C25H33ClN4O5S. The first-order chi connectivity index (χ1) is 17.1. The quantitative estimate of drug-likeness (QED) is 0.580. The summed E-state index contributed by atoms with van der Waals surface area (Å²) in [5, 5.41) is 3.25. The number of nitrogens with one attached hydrogen (secondary N) is 2. The van der Waals surface area contributed by atoms with E-state index in [2.05, 4.69) is 10.3 Å². The Hall–Kier alpha value is -2.56. The molecule has 0 saturated carbocycles. The lowest BCUT2D eigenvalue weighted by atomic mass is 9.97. The maximum absolute atomic E-state index is 13.7. The summed E-state index contributed by atoms with van der Waals surface area (Å²) in [6.07, 6.45) is 3.69. The van der Waals surface area contributed by atoms with Crippen LogP contribution in [0.4, 0.5) is 5.69 Å². The van der Waals surface area contributed by atoms with Gasteiger partial charge in [-0.1, -0.05) is 11.6 Å². The maximum Gasteiger partial charge on any atom is 0.257 e. The van der Waals surface area contributed by atoms with E-state index in [9.17, 15) is 18.0 Å². The number of H-pyrrole nitrogens is 1. The second kappa shape index (κ2) is 10.8. The number of aromatic amines is 1. The number of carbonyl (C=O) groups excluding carboxylic acids is 2. The smallest absolute Gasteiger partial charge is 0.257 e. The first kappa shape index (κ1) is 26.5. The number of rotatable bonds is 6. The van der Waals surface area contributed by atoms with Crippen LogP contribution in [0.2, 0.25) is 5.02 Å². The molecule has 2 aromatic rings. The van der Waals surface area contributed by atoms with Gasteiger partial charge < -0.3 is 19.9 Å². The number of benzene rings is 1. The minimum absolute atomic E-state index is 0.0614. The summed E-state index contributed by atoms with van der Waals surface area (Å²) >= 11 is 6.15. The van der Waals surface area contributed by atoms with Crippen LogP contribution >= 0.6 is 11.6 Å². The monoisotopic (exact) mass is 536 g/mol. The van der Waals surface area contributed by atoms with E-state index in [-0.39, 0.29) is 41.3 Å². The Labute approximate surface area is 217 Å². The molecule has 1 aromatic carbocycles. The number of likely N-dealkylation sites (tertiary alicyclic amines) is 1. The Bertz CT molecular complexity index is 1250. The van der Waals surface area contributed by atoms with Gasteiger partial charge >= 0.3 is 0 Å². The average molecular weight is 537 g/mol. The van der Waals surface area contributed by atoms with Crippen LogP contribution in [0.25, 0.3) is 0 Å². The van der Waals surface area contributed by atoms with Crippen molar-refractivity contribution in [3.8, 4) is 5.75 Å². The molecule has 0 aliphatic carbocycles. The summed E-state index contributed by atoms with van der Waals surface area (Å²) in [7, 11) is -2.40. The fourth-order valence-corrected chi connectivity index (χ4v) is 7.21. The molecule has 2 aliphatic rings. The summed E-state index contributed by atoms with van der Waals surface area (Å²) in [6.45, 7) is 5.11. The van der Waals surface area contributed by atoms with Crippen molar-refractivity contribution in [3.63, 3.8) is 0 Å². The summed E-state index contributed by atoms with van der Waals surface area (Å²) in [5.74, 6) is -0.229. The van der Waals surface area contributed by atoms with Crippen molar-refractivity contribution in [2.24, 2.45) is 5.92 Å². The number of piperidine rings is 2. The molecule has 9 nitrogen and oxygen atoms in total. The third-order valence-corrected chi connectivity index (χ3v) is 9.38. The first-order valence-electron chi connectivity index (χ1n) is 12.3. The number of aryl methyl sites for hydroxylation is 2. The Morgan fingerprint density at radius 2 is 1.72 bits per heavy atom. The van der Waals surface area contributed by atoms with E-state index in [0.717, 1.165) is 19.3 Å². The molecule has 4 rings (SSSR count). The normalized spacial score (nSPS) is 17.7. The van der Waals surface area contributed by atoms with Crippen LogP contribution in [-0.2, 0) is 14.8 Å². The topological polar surface area (TPSA) is 112 Å². The number of hydrogen-bond donors (Lipinski definition) is 2. The van der Waals surface area contributed by atoms with E-state index in [1.54, 1.807) is 36.9 Å². The number of carbonyl (C=O) groups is 2. The molecule has 0 spiro atoms. The second-order valence-electron chi connectivity index (χ2n) is 9.45. The van der Waals surface area contributed by atoms with Gasteiger partial charge in [0.05, 0.1) is 17.7 Å². The van der Waals surface area contributed by atoms with Crippen LogP contribution in [-0.4, -0.2) is 67.7 Å². The van der Waals surface area contributed by atoms with Gasteiger partial charge in [-0.15, -0.1) is 0 Å². The van der Waals surface area contributed by atoms with Crippen LogP contribution in [0.15, 0.2) is 23.1 Å². The minimum atomic E-state index is -3.92. The highest BCUT2D eigenvalue weighted by molar-refractivity contribution is 7.89. The van der Waals surface area contributed by atoms with Crippen molar-refractivity contribution in [1.29, 1.82) is 0 Å². The Morgan fingerprint density at radius 3 is 2.33 bits per heavy atom. The van der Waals surface area contributed by atoms with Crippen LogP contribution in [0.5, 0.6) is 5.75 Å². The number of ether oxygens (including phenoxy) is 1. The second-order valence-corrected chi connectivity index (χ2v) is 11.7. The first-order valence-corrected chi connectivity index (χ1v) is 14.1. The van der Waals surface area contributed by atoms with Crippen molar-refractivity contribution in [2.45, 2.75) is 50.8 Å². The van der Waals surface area contributed by atoms with Gasteiger partial charge in [0.2, 0.25) is 15.9 Å². The van der Waals surface area contributed by atoms with Gasteiger partial charge in [0.25, 0.3) is 5.91 Å². The fourth-order valence-electron chi connectivity index (χ4n) is 5.07. The lowest BCUT2D eigenvalue weighted by Gasteiger charge is -2.31. The van der Waals surface area contributed by atoms with Gasteiger partial charge in [0.15, 0.2) is 0 Å². The van der Waals surface area contributed by atoms with Crippen LogP contribution < -0.4 is 10.1 Å². The molecule has 0 unspecified atom stereocenters. The zero-order valence-electron chi connectivity index (χ0n) is 20.9. The van der Waals surface area contributed by atoms with E-state index in [4.69, 9.17) is 16.3 Å². The number of anilines is 1. The SMILES string of the molecule is COc1ccc(NC(=O)C2CCN(S(=O)(=O)c3c(C)[nH]c(C)c3C(=O)N3CCCCC3)CC2)cc1Cl. The van der Waals surface area contributed by atoms with Crippen LogP contribution in [0, 0.1) is 19.8 Å². The average Bonchev–Trinajstić information content (AvgIpc) is 3.18. The molecule has 11 heteroatoms. The van der Waals surface area contributed by atoms with Crippen molar-refractivity contribution in [1.82, 2.24) is 14.2 Å². The number of nitrogens with zero attached hydrogens (tertiary/aromatic N) is 2. The number of hydrogen-bond acceptors (Lipinski definition) is 5. The van der Waals surface area contributed by atoms with Gasteiger partial charge in [-0.3, -0.25) is 9.59 Å². The Balaban J connectivity index is 1.46. The summed E-state index contributed by atoms with van der Waals surface area (Å²) in [5.41, 5.74) is 1.82. The lowest BCUT2D eigenvalue weighted by molar-refractivity contribution is -0.120. The lowest BCUT2D eigenvalue weighted by Crippen LogP contribution is -2.42. The summed E-state index contributed by atoms with van der Waals surface area (Å²) < 4.78 is 33.9. The van der Waals surface area contributed by atoms with Crippen LogP contribution in [0.3, 0.4) is 0 Å².